The number of aliphatic hydroxyl groups is 1. The summed E-state index contributed by atoms with van der Waals surface area (Å²) in [6.07, 6.45) is 5.20. The van der Waals surface area contributed by atoms with Crippen LogP contribution in [0.25, 0.3) is 0 Å². The second-order valence-electron chi connectivity index (χ2n) is 12.9. The molecule has 47 heavy (non-hydrogen) atoms. The van der Waals surface area contributed by atoms with E-state index in [1.165, 1.54) is 4.90 Å². The Morgan fingerprint density at radius 2 is 1.70 bits per heavy atom. The minimum Gasteiger partial charge on any atom is -0.463 e. The topological polar surface area (TPSA) is 125 Å². The van der Waals surface area contributed by atoms with Gasteiger partial charge in [-0.15, -0.1) is 0 Å². The SMILES string of the molecule is CC(C)[C@H](CO)N1C(=O)[C@@H]2[C@H]3C(=O)N[C@@H](c4ccccc4)COC(=O)CC/C=C\CN(Cc4ccccc4)C(=O)[C@@H]1[C@]21C=C(Br)[C@H]3O1. The fourth-order valence-electron chi connectivity index (χ4n) is 7.37. The van der Waals surface area contributed by atoms with E-state index in [2.05, 4.69) is 21.2 Å². The van der Waals surface area contributed by atoms with E-state index in [9.17, 15) is 24.3 Å². The molecule has 0 unspecified atom stereocenters. The van der Waals surface area contributed by atoms with E-state index in [-0.39, 0.29) is 44.5 Å². The molecule has 1 spiro atoms. The molecule has 2 N–H and O–H groups in total. The van der Waals surface area contributed by atoms with Crippen molar-refractivity contribution < 1.29 is 33.8 Å². The molecule has 11 heteroatoms. The molecule has 248 valence electrons. The first-order valence-electron chi connectivity index (χ1n) is 16.1. The molecule has 2 aromatic rings. The zero-order chi connectivity index (χ0) is 33.3. The van der Waals surface area contributed by atoms with Gasteiger partial charge in [-0.25, -0.2) is 0 Å². The second-order valence-corrected chi connectivity index (χ2v) is 13.9. The highest BCUT2D eigenvalue weighted by molar-refractivity contribution is 9.11. The molecule has 4 aliphatic heterocycles. The second kappa shape index (κ2) is 13.7. The molecule has 0 aromatic heterocycles. The maximum absolute atomic E-state index is 14.9. The number of amides is 3. The Kier molecular flexibility index (Phi) is 9.68. The van der Waals surface area contributed by atoms with E-state index in [0.717, 1.165) is 11.1 Å². The number of nitrogens with zero attached hydrogens (tertiary/aromatic N) is 2. The minimum absolute atomic E-state index is 0.0880. The molecule has 10 nitrogen and oxygen atoms in total. The summed E-state index contributed by atoms with van der Waals surface area (Å²) in [5, 5.41) is 13.6. The molecule has 0 aliphatic carbocycles. The van der Waals surface area contributed by atoms with E-state index in [1.54, 1.807) is 11.0 Å². The van der Waals surface area contributed by atoms with Gasteiger partial charge < -0.3 is 29.7 Å². The molecule has 4 heterocycles. The number of aliphatic hydroxyl groups excluding tert-OH is 1. The summed E-state index contributed by atoms with van der Waals surface area (Å²) in [4.78, 5) is 59.7. The van der Waals surface area contributed by atoms with Crippen LogP contribution in [-0.4, -0.2) is 82.1 Å². The lowest BCUT2D eigenvalue weighted by molar-refractivity contribution is -0.152. The molecule has 3 amide bonds. The number of likely N-dealkylation sites (tertiary alicyclic amines) is 1. The van der Waals surface area contributed by atoms with E-state index in [4.69, 9.17) is 9.47 Å². The predicted octanol–water partition coefficient (Wildman–Crippen LogP) is 3.66. The summed E-state index contributed by atoms with van der Waals surface area (Å²) in [5.41, 5.74) is 0.196. The van der Waals surface area contributed by atoms with Gasteiger partial charge in [-0.2, -0.15) is 0 Å². The average molecular weight is 707 g/mol. The van der Waals surface area contributed by atoms with Gasteiger partial charge in [0, 0.05) is 24.0 Å². The van der Waals surface area contributed by atoms with Crippen LogP contribution in [0.2, 0.25) is 0 Å². The van der Waals surface area contributed by atoms with Crippen molar-refractivity contribution in [3.05, 3.63) is 94.5 Å². The van der Waals surface area contributed by atoms with Crippen LogP contribution in [0.15, 0.2) is 83.4 Å². The van der Waals surface area contributed by atoms with Crippen molar-refractivity contribution in [2.45, 2.75) is 63.1 Å². The Morgan fingerprint density at radius 3 is 2.38 bits per heavy atom. The number of hydrogen-bond acceptors (Lipinski definition) is 7. The van der Waals surface area contributed by atoms with Gasteiger partial charge in [-0.3, -0.25) is 19.2 Å². The van der Waals surface area contributed by atoms with E-state index in [1.807, 2.05) is 86.7 Å². The van der Waals surface area contributed by atoms with Crippen LogP contribution in [-0.2, 0) is 35.2 Å². The third kappa shape index (κ3) is 6.16. The number of ether oxygens (including phenoxy) is 2. The standard InChI is InChI=1S/C36H40BrN3O7/c1-22(2)27(20-41)40-32-35(45)39(19-23-12-6-3-7-13-23)17-11-5-10-16-28(42)46-21-26(24-14-8-4-9-15-24)38-33(43)29-30(34(40)44)36(32)18-25(37)31(29)47-36/h3-9,11-15,18,22,26-27,29-32,41H,10,16-17,19-21H2,1-2H3,(H,38,43)/b11-5-/t26-,27+,29-,30+,31-,32-,36+/m1/s1. The van der Waals surface area contributed by atoms with Crippen molar-refractivity contribution in [3.8, 4) is 0 Å². The molecule has 2 saturated heterocycles. The molecule has 6 rings (SSSR count). The summed E-state index contributed by atoms with van der Waals surface area (Å²) in [7, 11) is 0. The number of carbonyl (C=O) groups excluding carboxylic acids is 4. The van der Waals surface area contributed by atoms with Crippen LogP contribution >= 0.6 is 15.9 Å². The van der Waals surface area contributed by atoms with Gasteiger partial charge in [0.25, 0.3) is 0 Å². The smallest absolute Gasteiger partial charge is 0.306 e. The van der Waals surface area contributed by atoms with Gasteiger partial charge in [0.15, 0.2) is 0 Å². The predicted molar refractivity (Wildman–Crippen MR) is 176 cm³/mol. The van der Waals surface area contributed by atoms with Crippen molar-refractivity contribution in [2.24, 2.45) is 17.8 Å². The normalized spacial score (nSPS) is 31.0. The molecule has 2 fully saturated rings. The summed E-state index contributed by atoms with van der Waals surface area (Å²) in [6.45, 7) is 3.81. The summed E-state index contributed by atoms with van der Waals surface area (Å²) >= 11 is 3.61. The van der Waals surface area contributed by atoms with E-state index >= 15 is 0 Å². The lowest BCUT2D eigenvalue weighted by atomic mass is 9.74. The van der Waals surface area contributed by atoms with Crippen molar-refractivity contribution in [2.75, 3.05) is 19.8 Å². The lowest BCUT2D eigenvalue weighted by Gasteiger charge is -2.40. The first-order valence-corrected chi connectivity index (χ1v) is 16.9. The molecule has 2 aromatic carbocycles. The van der Waals surface area contributed by atoms with Gasteiger partial charge >= 0.3 is 5.97 Å². The number of allylic oxidation sites excluding steroid dienone is 1. The Balaban J connectivity index is 1.46. The fourth-order valence-corrected chi connectivity index (χ4v) is 8.10. The number of carbonyl (C=O) groups is 4. The highest BCUT2D eigenvalue weighted by Crippen LogP contribution is 2.59. The molecular weight excluding hydrogens is 666 g/mol. The molecule has 0 radical (unpaired) electrons. The van der Waals surface area contributed by atoms with Gasteiger partial charge in [-0.1, -0.05) is 103 Å². The van der Waals surface area contributed by atoms with E-state index < -0.39 is 59.5 Å². The highest BCUT2D eigenvalue weighted by atomic mass is 79.9. The number of nitrogens with one attached hydrogen (secondary N) is 1. The van der Waals surface area contributed by atoms with Crippen LogP contribution in [0.3, 0.4) is 0 Å². The molecule has 7 atom stereocenters. The maximum atomic E-state index is 14.9. The first kappa shape index (κ1) is 33.1. The highest BCUT2D eigenvalue weighted by Gasteiger charge is 2.75. The quantitative estimate of drug-likeness (QED) is 0.347. The Morgan fingerprint density at radius 1 is 1.00 bits per heavy atom. The van der Waals surface area contributed by atoms with Crippen molar-refractivity contribution in [1.29, 1.82) is 0 Å². The Labute approximate surface area is 282 Å². The first-order chi connectivity index (χ1) is 22.7. The number of hydrogen-bond donors (Lipinski definition) is 2. The largest absolute Gasteiger partial charge is 0.463 e. The van der Waals surface area contributed by atoms with Gasteiger partial charge in [0.1, 0.15) is 24.4 Å². The minimum atomic E-state index is -1.44. The zero-order valence-corrected chi connectivity index (χ0v) is 28.0. The number of rotatable bonds is 6. The van der Waals surface area contributed by atoms with Crippen LogP contribution in [0.5, 0.6) is 0 Å². The van der Waals surface area contributed by atoms with Gasteiger partial charge in [-0.05, 0) is 29.5 Å². The Bertz CT molecular complexity index is 1560. The number of fused-ring (bicyclic) bond motifs is 2. The fraction of sp³-hybridized carbons (Fsp3) is 0.444. The molecule has 4 aliphatic rings. The number of halogens is 1. The van der Waals surface area contributed by atoms with Crippen molar-refractivity contribution >= 4 is 39.6 Å². The number of benzene rings is 2. The zero-order valence-electron chi connectivity index (χ0n) is 26.5. The van der Waals surface area contributed by atoms with Crippen LogP contribution in [0.4, 0.5) is 0 Å². The third-order valence-electron chi connectivity index (χ3n) is 9.68. The molecule has 5 bridgehead atoms. The van der Waals surface area contributed by atoms with Crippen LogP contribution in [0, 0.1) is 17.8 Å². The Hall–Kier alpha value is -3.80. The lowest BCUT2D eigenvalue weighted by Crippen LogP contribution is -2.59. The average Bonchev–Trinajstić information content (AvgIpc) is 3.66. The third-order valence-corrected chi connectivity index (χ3v) is 10.4. The van der Waals surface area contributed by atoms with Crippen LogP contribution in [0.1, 0.15) is 43.9 Å². The van der Waals surface area contributed by atoms with Gasteiger partial charge in [0.05, 0.1) is 30.5 Å². The van der Waals surface area contributed by atoms with Crippen molar-refractivity contribution in [3.63, 3.8) is 0 Å². The number of cyclic esters (lactones) is 1. The van der Waals surface area contributed by atoms with Crippen LogP contribution < -0.4 is 5.32 Å². The summed E-state index contributed by atoms with van der Waals surface area (Å²) < 4.78 is 12.9. The summed E-state index contributed by atoms with van der Waals surface area (Å²) in [5.74, 6) is -3.80. The maximum Gasteiger partial charge on any atom is 0.306 e. The molecular formula is C36H40BrN3O7. The monoisotopic (exact) mass is 705 g/mol. The van der Waals surface area contributed by atoms with E-state index in [0.29, 0.717) is 10.9 Å². The summed E-state index contributed by atoms with van der Waals surface area (Å²) in [6, 6.07) is 16.3. The molecule has 0 saturated carbocycles. The van der Waals surface area contributed by atoms with Gasteiger partial charge in [0.2, 0.25) is 17.7 Å². The number of esters is 1. The van der Waals surface area contributed by atoms with Crippen molar-refractivity contribution in [1.82, 2.24) is 15.1 Å².